The summed E-state index contributed by atoms with van der Waals surface area (Å²) in [6.07, 6.45) is 0.448. The Hall–Kier alpha value is -1.06. The van der Waals surface area contributed by atoms with Crippen molar-refractivity contribution in [1.82, 2.24) is 0 Å². The molecule has 0 N–H and O–H groups in total. The smallest absolute Gasteiger partial charge is 0.134 e. The third kappa shape index (κ3) is 3.20. The van der Waals surface area contributed by atoms with Crippen molar-refractivity contribution in [3.05, 3.63) is 28.8 Å². The molecule has 1 aromatic rings. The van der Waals surface area contributed by atoms with Crippen molar-refractivity contribution in [3.8, 4) is 0 Å². The van der Waals surface area contributed by atoms with Crippen LogP contribution in [0.1, 0.15) is 12.5 Å². The van der Waals surface area contributed by atoms with Crippen LogP contribution in [0.25, 0.3) is 0 Å². The van der Waals surface area contributed by atoms with Crippen LogP contribution in [0, 0.1) is 0 Å². The van der Waals surface area contributed by atoms with Gasteiger partial charge >= 0.3 is 0 Å². The summed E-state index contributed by atoms with van der Waals surface area (Å²) < 4.78 is 5.31. The molecular formula is C13H16ClNO2. The lowest BCUT2D eigenvalue weighted by Crippen LogP contribution is -2.36. The third-order valence-electron chi connectivity index (χ3n) is 2.82. The van der Waals surface area contributed by atoms with Gasteiger partial charge in [0, 0.05) is 19.5 Å². The summed E-state index contributed by atoms with van der Waals surface area (Å²) in [4.78, 5) is 13.3. The van der Waals surface area contributed by atoms with E-state index < -0.39 is 0 Å². The zero-order valence-corrected chi connectivity index (χ0v) is 10.7. The number of hydrogen-bond donors (Lipinski definition) is 0. The molecule has 1 heterocycles. The van der Waals surface area contributed by atoms with E-state index in [1.165, 1.54) is 0 Å². The second kappa shape index (κ2) is 5.52. The number of ketones is 1. The van der Waals surface area contributed by atoms with Crippen molar-refractivity contribution in [1.29, 1.82) is 0 Å². The van der Waals surface area contributed by atoms with Gasteiger partial charge in [0.25, 0.3) is 0 Å². The first kappa shape index (κ1) is 12.4. The first-order valence-corrected chi connectivity index (χ1v) is 6.15. The quantitative estimate of drug-likeness (QED) is 0.828. The fourth-order valence-corrected chi connectivity index (χ4v) is 2.33. The number of Topliss-reactive ketones (excluding diaryl/α,β-unsaturated/α-hetero) is 1. The maximum absolute atomic E-state index is 11.0. The molecule has 0 unspecified atom stereocenters. The highest BCUT2D eigenvalue weighted by Crippen LogP contribution is 2.27. The zero-order valence-electron chi connectivity index (χ0n) is 9.91. The molecule has 0 amide bonds. The first-order valence-electron chi connectivity index (χ1n) is 5.77. The maximum Gasteiger partial charge on any atom is 0.134 e. The fourth-order valence-electron chi connectivity index (χ4n) is 2.01. The predicted octanol–water partition coefficient (Wildman–Crippen LogP) is 2.31. The van der Waals surface area contributed by atoms with Crippen molar-refractivity contribution < 1.29 is 9.53 Å². The van der Waals surface area contributed by atoms with E-state index >= 15 is 0 Å². The van der Waals surface area contributed by atoms with Gasteiger partial charge in [-0.05, 0) is 24.6 Å². The highest BCUT2D eigenvalue weighted by molar-refractivity contribution is 6.33. The number of morpholine rings is 1. The molecule has 0 atom stereocenters. The Morgan fingerprint density at radius 2 is 2.12 bits per heavy atom. The zero-order chi connectivity index (χ0) is 12.3. The van der Waals surface area contributed by atoms with E-state index in [4.69, 9.17) is 16.3 Å². The van der Waals surface area contributed by atoms with Crippen molar-refractivity contribution in [3.63, 3.8) is 0 Å². The number of hydrogen-bond acceptors (Lipinski definition) is 3. The standard InChI is InChI=1S/C13H16ClNO2/c1-10(16)8-11-2-3-13(12(14)9-11)15-4-6-17-7-5-15/h2-3,9H,4-8H2,1H3. The second-order valence-corrected chi connectivity index (χ2v) is 4.67. The number of anilines is 1. The Labute approximate surface area is 106 Å². The van der Waals surface area contributed by atoms with Gasteiger partial charge in [-0.15, -0.1) is 0 Å². The third-order valence-corrected chi connectivity index (χ3v) is 3.12. The van der Waals surface area contributed by atoms with Crippen molar-refractivity contribution in [2.24, 2.45) is 0 Å². The molecule has 0 spiro atoms. The van der Waals surface area contributed by atoms with Crippen molar-refractivity contribution in [2.75, 3.05) is 31.2 Å². The summed E-state index contributed by atoms with van der Waals surface area (Å²) in [5, 5.41) is 0.714. The molecule has 1 aliphatic rings. The van der Waals surface area contributed by atoms with Crippen molar-refractivity contribution in [2.45, 2.75) is 13.3 Å². The normalized spacial score (nSPS) is 16.0. The van der Waals surface area contributed by atoms with Crippen LogP contribution in [-0.4, -0.2) is 32.1 Å². The van der Waals surface area contributed by atoms with Gasteiger partial charge in [0.05, 0.1) is 23.9 Å². The molecule has 0 radical (unpaired) electrons. The highest BCUT2D eigenvalue weighted by atomic mass is 35.5. The average Bonchev–Trinajstić information content (AvgIpc) is 2.29. The summed E-state index contributed by atoms with van der Waals surface area (Å²) in [7, 11) is 0. The minimum atomic E-state index is 0.153. The van der Waals surface area contributed by atoms with Gasteiger partial charge in [-0.2, -0.15) is 0 Å². The minimum Gasteiger partial charge on any atom is -0.378 e. The molecule has 2 rings (SSSR count). The fraction of sp³-hybridized carbons (Fsp3) is 0.462. The summed E-state index contributed by atoms with van der Waals surface area (Å²) in [5.74, 6) is 0.153. The summed E-state index contributed by atoms with van der Waals surface area (Å²) in [5.41, 5.74) is 2.00. The Morgan fingerprint density at radius 3 is 2.71 bits per heavy atom. The number of carbonyl (C=O) groups excluding carboxylic acids is 1. The summed E-state index contributed by atoms with van der Waals surface area (Å²) in [6, 6.07) is 5.84. The van der Waals surface area contributed by atoms with E-state index in [0.29, 0.717) is 11.4 Å². The second-order valence-electron chi connectivity index (χ2n) is 4.26. The number of ether oxygens (including phenoxy) is 1. The average molecular weight is 254 g/mol. The van der Waals surface area contributed by atoms with Crippen LogP contribution in [0.2, 0.25) is 5.02 Å². The molecule has 0 aliphatic carbocycles. The Kier molecular flexibility index (Phi) is 4.02. The van der Waals surface area contributed by atoms with E-state index in [2.05, 4.69) is 4.90 Å². The van der Waals surface area contributed by atoms with Gasteiger partial charge < -0.3 is 9.64 Å². The Balaban J connectivity index is 2.15. The van der Waals surface area contributed by atoms with Crippen LogP contribution < -0.4 is 4.90 Å². The largest absolute Gasteiger partial charge is 0.378 e. The van der Waals surface area contributed by atoms with E-state index in [-0.39, 0.29) is 5.78 Å². The lowest BCUT2D eigenvalue weighted by Gasteiger charge is -2.29. The van der Waals surface area contributed by atoms with Gasteiger partial charge in [-0.3, -0.25) is 4.79 Å². The van der Waals surface area contributed by atoms with Crippen LogP contribution >= 0.6 is 11.6 Å². The van der Waals surface area contributed by atoms with Crippen LogP contribution in [0.15, 0.2) is 18.2 Å². The molecular weight excluding hydrogens is 238 g/mol. The lowest BCUT2D eigenvalue weighted by atomic mass is 10.1. The summed E-state index contributed by atoms with van der Waals surface area (Å²) >= 11 is 6.25. The van der Waals surface area contributed by atoms with Gasteiger partial charge in [-0.25, -0.2) is 0 Å². The van der Waals surface area contributed by atoms with Crippen LogP contribution in [0.4, 0.5) is 5.69 Å². The number of benzene rings is 1. The molecule has 0 saturated carbocycles. The maximum atomic E-state index is 11.0. The SMILES string of the molecule is CC(=O)Cc1ccc(N2CCOCC2)c(Cl)c1. The number of halogens is 1. The van der Waals surface area contributed by atoms with Crippen LogP contribution in [-0.2, 0) is 16.0 Å². The molecule has 17 heavy (non-hydrogen) atoms. The van der Waals surface area contributed by atoms with E-state index in [9.17, 15) is 4.79 Å². The number of nitrogens with zero attached hydrogens (tertiary/aromatic N) is 1. The van der Waals surface area contributed by atoms with Gasteiger partial charge in [0.2, 0.25) is 0 Å². The highest BCUT2D eigenvalue weighted by Gasteiger charge is 2.14. The topological polar surface area (TPSA) is 29.5 Å². The molecule has 0 aromatic heterocycles. The molecule has 1 fully saturated rings. The summed E-state index contributed by atoms with van der Waals surface area (Å²) in [6.45, 7) is 4.80. The number of carbonyl (C=O) groups is 1. The van der Waals surface area contributed by atoms with Crippen LogP contribution in [0.5, 0.6) is 0 Å². The Morgan fingerprint density at radius 1 is 1.41 bits per heavy atom. The first-order chi connectivity index (χ1) is 8.16. The van der Waals surface area contributed by atoms with Gasteiger partial charge in [-0.1, -0.05) is 17.7 Å². The minimum absolute atomic E-state index is 0.153. The van der Waals surface area contributed by atoms with Gasteiger partial charge in [0.1, 0.15) is 5.78 Å². The van der Waals surface area contributed by atoms with E-state index in [0.717, 1.165) is 37.6 Å². The molecule has 3 nitrogen and oxygen atoms in total. The molecule has 1 aromatic carbocycles. The molecule has 4 heteroatoms. The molecule has 0 bridgehead atoms. The molecule has 92 valence electrons. The van der Waals surface area contributed by atoms with Gasteiger partial charge in [0.15, 0.2) is 0 Å². The molecule has 1 saturated heterocycles. The predicted molar refractivity (Wildman–Crippen MR) is 68.9 cm³/mol. The monoisotopic (exact) mass is 253 g/mol. The molecule has 1 aliphatic heterocycles. The van der Waals surface area contributed by atoms with E-state index in [1.807, 2.05) is 18.2 Å². The number of rotatable bonds is 3. The lowest BCUT2D eigenvalue weighted by molar-refractivity contribution is -0.116. The van der Waals surface area contributed by atoms with Crippen LogP contribution in [0.3, 0.4) is 0 Å². The van der Waals surface area contributed by atoms with Crippen molar-refractivity contribution >= 4 is 23.1 Å². The Bertz CT molecular complexity index is 414. The van der Waals surface area contributed by atoms with E-state index in [1.54, 1.807) is 6.92 Å².